The van der Waals surface area contributed by atoms with Crippen LogP contribution >= 0.6 is 31.9 Å². The van der Waals surface area contributed by atoms with Crippen LogP contribution in [0.4, 0.5) is 0 Å². The quantitative estimate of drug-likeness (QED) is 0.300. The average Bonchev–Trinajstić information content (AvgIpc) is 2.75. The molecule has 0 amide bonds. The third-order valence-corrected chi connectivity index (χ3v) is 6.04. The van der Waals surface area contributed by atoms with Gasteiger partial charge in [0, 0.05) is 11.1 Å². The van der Waals surface area contributed by atoms with Crippen LogP contribution in [-0.4, -0.2) is 24.0 Å². The van der Waals surface area contributed by atoms with Crippen molar-refractivity contribution in [1.29, 1.82) is 0 Å². The predicted octanol–water partition coefficient (Wildman–Crippen LogP) is 6.99. The second kappa shape index (κ2) is 10.3. The number of carboxylic acids is 1. The number of hydrogen-bond acceptors (Lipinski definition) is 4. The molecular weight excluding hydrogens is 540 g/mol. The SMILES string of the molecule is COc1cc(C(=O)c2ccccc2)c(Oc2c(Br)cc(CC(=O)O)cc2Br)cc1C(C)C. The van der Waals surface area contributed by atoms with Crippen molar-refractivity contribution < 1.29 is 24.2 Å². The highest BCUT2D eigenvalue weighted by Gasteiger charge is 2.22. The summed E-state index contributed by atoms with van der Waals surface area (Å²) in [6.07, 6.45) is -0.116. The van der Waals surface area contributed by atoms with Gasteiger partial charge in [0.1, 0.15) is 11.5 Å². The molecule has 3 aromatic carbocycles. The van der Waals surface area contributed by atoms with E-state index >= 15 is 0 Å². The van der Waals surface area contributed by atoms with E-state index in [2.05, 4.69) is 31.9 Å². The molecule has 166 valence electrons. The molecule has 0 spiro atoms. The highest BCUT2D eigenvalue weighted by atomic mass is 79.9. The molecule has 3 rings (SSSR count). The maximum atomic E-state index is 13.3. The van der Waals surface area contributed by atoms with Gasteiger partial charge in [0.05, 0.1) is 28.0 Å². The van der Waals surface area contributed by atoms with Gasteiger partial charge in [-0.25, -0.2) is 0 Å². The molecule has 7 heteroatoms. The first kappa shape index (κ1) is 24.0. The number of benzene rings is 3. The van der Waals surface area contributed by atoms with E-state index in [0.717, 1.165) is 5.56 Å². The lowest BCUT2D eigenvalue weighted by Crippen LogP contribution is -2.07. The van der Waals surface area contributed by atoms with Crippen LogP contribution in [0.25, 0.3) is 0 Å². The van der Waals surface area contributed by atoms with Gasteiger partial charge in [-0.05, 0) is 67.6 Å². The summed E-state index contributed by atoms with van der Waals surface area (Å²) >= 11 is 6.94. The smallest absolute Gasteiger partial charge is 0.307 e. The van der Waals surface area contributed by atoms with Crippen LogP contribution in [0.2, 0.25) is 0 Å². The number of carboxylic acid groups (broad SMARTS) is 1. The van der Waals surface area contributed by atoms with Gasteiger partial charge in [-0.15, -0.1) is 0 Å². The van der Waals surface area contributed by atoms with E-state index in [4.69, 9.17) is 14.6 Å². The molecule has 0 aliphatic carbocycles. The standard InChI is InChI=1S/C25H22Br2O5/c1-14(2)17-12-22(32-25-19(26)9-15(10-20(25)27)11-23(28)29)18(13-21(17)31-3)24(30)16-7-5-4-6-8-16/h4-10,12-14H,11H2,1-3H3,(H,28,29). The molecular formula is C25H22Br2O5. The lowest BCUT2D eigenvalue weighted by molar-refractivity contribution is -0.136. The van der Waals surface area contributed by atoms with E-state index in [0.29, 0.717) is 42.9 Å². The average molecular weight is 562 g/mol. The van der Waals surface area contributed by atoms with Gasteiger partial charge in [-0.3, -0.25) is 9.59 Å². The molecule has 0 aliphatic rings. The molecule has 1 N–H and O–H groups in total. The van der Waals surface area contributed by atoms with E-state index in [1.807, 2.05) is 38.1 Å². The monoisotopic (exact) mass is 560 g/mol. The van der Waals surface area contributed by atoms with Crippen LogP contribution in [-0.2, 0) is 11.2 Å². The summed E-state index contributed by atoms with van der Waals surface area (Å²) in [5.41, 5.74) is 2.42. The first-order valence-electron chi connectivity index (χ1n) is 9.90. The molecule has 0 heterocycles. The van der Waals surface area contributed by atoms with E-state index in [9.17, 15) is 9.59 Å². The van der Waals surface area contributed by atoms with Gasteiger partial charge in [0.2, 0.25) is 0 Å². The van der Waals surface area contributed by atoms with Crippen molar-refractivity contribution in [3.63, 3.8) is 0 Å². The maximum Gasteiger partial charge on any atom is 0.307 e. The van der Waals surface area contributed by atoms with Crippen molar-refractivity contribution in [2.75, 3.05) is 7.11 Å². The Morgan fingerprint density at radius 3 is 2.12 bits per heavy atom. The minimum Gasteiger partial charge on any atom is -0.496 e. The fourth-order valence-electron chi connectivity index (χ4n) is 3.31. The number of ether oxygens (including phenoxy) is 2. The summed E-state index contributed by atoms with van der Waals surface area (Å²) in [7, 11) is 1.58. The van der Waals surface area contributed by atoms with E-state index < -0.39 is 5.97 Å². The molecule has 0 unspecified atom stereocenters. The van der Waals surface area contributed by atoms with Gasteiger partial charge in [-0.1, -0.05) is 44.2 Å². The van der Waals surface area contributed by atoms with Crippen molar-refractivity contribution in [2.45, 2.75) is 26.2 Å². The number of hydrogen-bond donors (Lipinski definition) is 1. The second-order valence-corrected chi connectivity index (χ2v) is 9.21. The Kier molecular flexibility index (Phi) is 7.74. The van der Waals surface area contributed by atoms with Crippen molar-refractivity contribution in [3.8, 4) is 17.2 Å². The fourth-order valence-corrected chi connectivity index (χ4v) is 4.75. The van der Waals surface area contributed by atoms with Gasteiger partial charge in [0.25, 0.3) is 0 Å². The van der Waals surface area contributed by atoms with E-state index in [-0.39, 0.29) is 18.1 Å². The van der Waals surface area contributed by atoms with Crippen molar-refractivity contribution >= 4 is 43.6 Å². The molecule has 0 aliphatic heterocycles. The molecule has 3 aromatic rings. The molecule has 0 saturated carbocycles. The van der Waals surface area contributed by atoms with Crippen molar-refractivity contribution in [3.05, 3.63) is 85.8 Å². The number of halogens is 2. The third-order valence-electron chi connectivity index (χ3n) is 4.86. The van der Waals surface area contributed by atoms with Crippen molar-refractivity contribution in [2.24, 2.45) is 0 Å². The topological polar surface area (TPSA) is 72.8 Å². The van der Waals surface area contributed by atoms with Crippen LogP contribution in [0.3, 0.4) is 0 Å². The summed E-state index contributed by atoms with van der Waals surface area (Å²) in [5, 5.41) is 9.08. The molecule has 5 nitrogen and oxygen atoms in total. The third kappa shape index (κ3) is 5.40. The Morgan fingerprint density at radius 2 is 1.59 bits per heavy atom. The Morgan fingerprint density at radius 1 is 0.969 bits per heavy atom. The van der Waals surface area contributed by atoms with Crippen LogP contribution < -0.4 is 9.47 Å². The Balaban J connectivity index is 2.13. The first-order chi connectivity index (χ1) is 15.2. The maximum absolute atomic E-state index is 13.3. The van der Waals surface area contributed by atoms with Gasteiger partial charge in [0.15, 0.2) is 11.5 Å². The minimum absolute atomic E-state index is 0.116. The zero-order valence-corrected chi connectivity index (χ0v) is 21.0. The van der Waals surface area contributed by atoms with Gasteiger partial charge in [-0.2, -0.15) is 0 Å². The van der Waals surface area contributed by atoms with Gasteiger partial charge < -0.3 is 14.6 Å². The molecule has 32 heavy (non-hydrogen) atoms. The Hall–Kier alpha value is -2.64. The Bertz CT molecular complexity index is 1130. The second-order valence-electron chi connectivity index (χ2n) is 7.50. The van der Waals surface area contributed by atoms with E-state index in [1.165, 1.54) is 0 Å². The molecule has 0 aromatic heterocycles. The number of methoxy groups -OCH3 is 1. The number of aliphatic carboxylic acids is 1. The fraction of sp³-hybridized carbons (Fsp3) is 0.200. The lowest BCUT2D eigenvalue weighted by atomic mass is 9.95. The summed E-state index contributed by atoms with van der Waals surface area (Å²) in [6, 6.07) is 15.9. The highest BCUT2D eigenvalue weighted by Crippen LogP contribution is 2.42. The van der Waals surface area contributed by atoms with E-state index in [1.54, 1.807) is 37.4 Å². The lowest BCUT2D eigenvalue weighted by Gasteiger charge is -2.19. The summed E-state index contributed by atoms with van der Waals surface area (Å²) < 4.78 is 12.9. The predicted molar refractivity (Wildman–Crippen MR) is 130 cm³/mol. The summed E-state index contributed by atoms with van der Waals surface area (Å²) in [5.74, 6) is 0.463. The summed E-state index contributed by atoms with van der Waals surface area (Å²) in [6.45, 7) is 4.07. The zero-order valence-electron chi connectivity index (χ0n) is 17.8. The largest absolute Gasteiger partial charge is 0.496 e. The highest BCUT2D eigenvalue weighted by molar-refractivity contribution is 9.11. The number of carbonyl (C=O) groups is 2. The van der Waals surface area contributed by atoms with Gasteiger partial charge >= 0.3 is 5.97 Å². The van der Waals surface area contributed by atoms with Crippen molar-refractivity contribution in [1.82, 2.24) is 0 Å². The number of ketones is 1. The minimum atomic E-state index is -0.926. The zero-order chi connectivity index (χ0) is 23.4. The normalized spacial score (nSPS) is 10.8. The first-order valence-corrected chi connectivity index (χ1v) is 11.5. The number of carbonyl (C=O) groups excluding carboxylic acids is 1. The Labute approximate surface area is 203 Å². The molecule has 0 saturated heterocycles. The van der Waals surface area contributed by atoms with Crippen LogP contribution in [0, 0.1) is 0 Å². The molecule has 0 radical (unpaired) electrons. The number of rotatable bonds is 8. The van der Waals surface area contributed by atoms with Crippen LogP contribution in [0.1, 0.15) is 46.8 Å². The van der Waals surface area contributed by atoms with Crippen LogP contribution in [0.5, 0.6) is 17.2 Å². The molecule has 0 bridgehead atoms. The molecule has 0 atom stereocenters. The van der Waals surface area contributed by atoms with Crippen LogP contribution in [0.15, 0.2) is 63.5 Å². The molecule has 0 fully saturated rings. The summed E-state index contributed by atoms with van der Waals surface area (Å²) in [4.78, 5) is 24.4.